The van der Waals surface area contributed by atoms with Gasteiger partial charge in [-0.2, -0.15) is 30.5 Å². The molecule has 1 aliphatic rings. The average molecular weight is 1100 g/mol. The van der Waals surface area contributed by atoms with Gasteiger partial charge in [0.2, 0.25) is 0 Å². The first-order chi connectivity index (χ1) is 33.8. The van der Waals surface area contributed by atoms with Gasteiger partial charge in [-0.25, -0.2) is 9.97 Å². The molecule has 12 aromatic rings. The van der Waals surface area contributed by atoms with Crippen molar-refractivity contribution in [2.75, 3.05) is 0 Å². The predicted octanol–water partition coefficient (Wildman–Crippen LogP) is 15.1. The van der Waals surface area contributed by atoms with Gasteiger partial charge in [0.05, 0.1) is 17.0 Å². The number of hydrogen-bond donors (Lipinski definition) is 0. The number of imidazole rings is 2. The Bertz CT molecular complexity index is 3830. The van der Waals surface area contributed by atoms with Crippen molar-refractivity contribution in [3.05, 3.63) is 217 Å². The number of fused-ring (bicyclic) bond motifs is 6. The van der Waals surface area contributed by atoms with Crippen molar-refractivity contribution >= 4 is 49.1 Å². The first-order valence-corrected chi connectivity index (χ1v) is 24.1. The van der Waals surface area contributed by atoms with Crippen LogP contribution >= 0.6 is 0 Å². The fraction of sp³-hybridized carbons (Fsp3) is 0.190. The van der Waals surface area contributed by atoms with E-state index in [4.69, 9.17) is 4.98 Å². The normalized spacial score (nSPS) is 13.5. The molecule has 8 heteroatoms. The van der Waals surface area contributed by atoms with E-state index in [2.05, 4.69) is 224 Å². The van der Waals surface area contributed by atoms with Crippen LogP contribution in [-0.4, -0.2) is 28.5 Å². The Morgan fingerprint density at radius 3 is 2.07 bits per heavy atom. The van der Waals surface area contributed by atoms with Gasteiger partial charge in [-0.3, -0.25) is 4.98 Å². The van der Waals surface area contributed by atoms with Crippen molar-refractivity contribution in [3.8, 4) is 34.3 Å². The first-order valence-electron chi connectivity index (χ1n) is 24.1. The smallest absolute Gasteiger partial charge is 0.661 e. The minimum absolute atomic E-state index is 0. The second-order valence-electron chi connectivity index (χ2n) is 20.6. The number of pyridine rings is 2. The zero-order chi connectivity index (χ0) is 48.5. The van der Waals surface area contributed by atoms with Crippen LogP contribution in [0.1, 0.15) is 76.4 Å². The molecule has 0 saturated carbocycles. The number of para-hydroxylation sites is 4. The second-order valence-corrected chi connectivity index (χ2v) is 20.6. The third-order valence-electron chi connectivity index (χ3n) is 14.8. The monoisotopic (exact) mass is 1100 g/mol. The van der Waals surface area contributed by atoms with Crippen LogP contribution in [0.25, 0.3) is 83.4 Å². The Balaban J connectivity index is 0.000000126. The molecule has 0 atom stereocenters. The summed E-state index contributed by atoms with van der Waals surface area (Å²) in [5, 5.41) is 6.05. The molecule has 0 radical (unpaired) electrons. The molecule has 7 nitrogen and oxygen atoms in total. The van der Waals surface area contributed by atoms with E-state index in [9.17, 15) is 0 Å². The zero-order valence-corrected chi connectivity index (χ0v) is 44.1. The molecule has 71 heavy (non-hydrogen) atoms. The number of nitrogens with zero attached hydrogens (tertiary/aromatic N) is 7. The molecule has 0 N–H and O–H groups in total. The summed E-state index contributed by atoms with van der Waals surface area (Å²) in [6.07, 6.45) is 7.49. The summed E-state index contributed by atoms with van der Waals surface area (Å²) < 4.78 is 6.74. The Morgan fingerprint density at radius 2 is 1.32 bits per heavy atom. The fourth-order valence-electron chi connectivity index (χ4n) is 10.5. The fourth-order valence-corrected chi connectivity index (χ4v) is 10.5. The summed E-state index contributed by atoms with van der Waals surface area (Å²) in [5.74, 6) is 1.84. The predicted molar refractivity (Wildman–Crippen MR) is 288 cm³/mol. The van der Waals surface area contributed by atoms with E-state index in [1.807, 2.05) is 48.9 Å². The van der Waals surface area contributed by atoms with Gasteiger partial charge in [0.25, 0.3) is 0 Å². The SMILES string of the molecule is CC(C)(C)c1ccnc(-n2c3[c-]cccc3c3ccccc32)c1.CC1(C)c2cccc3c4ccc[c-]c4c4nc(-c5ccccc5)c(n4c23)C1(C)C.Cc1cccc(C)c1-n1ccnc1-c1ccc[n-]1.[Ir+3]. The van der Waals surface area contributed by atoms with Crippen LogP contribution < -0.4 is 4.98 Å². The van der Waals surface area contributed by atoms with Crippen LogP contribution in [0.3, 0.4) is 0 Å². The summed E-state index contributed by atoms with van der Waals surface area (Å²) in [6.45, 7) is 20.4. The van der Waals surface area contributed by atoms with Crippen LogP contribution in [0.15, 0.2) is 176 Å². The molecule has 352 valence electrons. The Hall–Kier alpha value is -7.38. The van der Waals surface area contributed by atoms with Crippen LogP contribution in [0.2, 0.25) is 0 Å². The van der Waals surface area contributed by atoms with Gasteiger partial charge in [-0.05, 0) is 70.5 Å². The first kappa shape index (κ1) is 47.3. The Morgan fingerprint density at radius 1 is 0.634 bits per heavy atom. The van der Waals surface area contributed by atoms with E-state index in [-0.39, 0.29) is 36.4 Å². The Kier molecular flexibility index (Phi) is 12.1. The van der Waals surface area contributed by atoms with Crippen LogP contribution in [0.5, 0.6) is 0 Å². The van der Waals surface area contributed by atoms with E-state index in [1.165, 1.54) is 71.8 Å². The van der Waals surface area contributed by atoms with Gasteiger partial charge in [0.15, 0.2) is 0 Å². The van der Waals surface area contributed by atoms with Gasteiger partial charge in [0.1, 0.15) is 11.6 Å². The maximum atomic E-state index is 5.26. The van der Waals surface area contributed by atoms with E-state index in [0.29, 0.717) is 0 Å². The number of hydrogen-bond acceptors (Lipinski definition) is 3. The van der Waals surface area contributed by atoms with E-state index >= 15 is 0 Å². The third-order valence-corrected chi connectivity index (χ3v) is 14.8. The topological polar surface area (TPSA) is 67.0 Å². The molecular formula is C63H56IrN7. The van der Waals surface area contributed by atoms with Gasteiger partial charge in [0, 0.05) is 51.7 Å². The van der Waals surface area contributed by atoms with Crippen LogP contribution in [-0.2, 0) is 36.4 Å². The number of aryl methyl sites for hydroxylation is 2. The summed E-state index contributed by atoms with van der Waals surface area (Å²) in [7, 11) is 0. The molecule has 1 aliphatic heterocycles. The minimum atomic E-state index is -0.0959. The van der Waals surface area contributed by atoms with Crippen molar-refractivity contribution in [1.82, 2.24) is 33.5 Å². The maximum Gasteiger partial charge on any atom is 3.00 e. The maximum absolute atomic E-state index is 5.26. The molecule has 7 heterocycles. The molecule has 0 amide bonds. The van der Waals surface area contributed by atoms with Gasteiger partial charge in [-0.1, -0.05) is 162 Å². The minimum Gasteiger partial charge on any atom is -0.661 e. The summed E-state index contributed by atoms with van der Waals surface area (Å²) in [4.78, 5) is 18.6. The molecule has 0 aliphatic carbocycles. The van der Waals surface area contributed by atoms with Gasteiger partial charge >= 0.3 is 20.1 Å². The van der Waals surface area contributed by atoms with Crippen molar-refractivity contribution in [2.45, 2.75) is 78.6 Å². The quantitative estimate of drug-likeness (QED) is 0.130. The zero-order valence-electron chi connectivity index (χ0n) is 41.7. The standard InChI is InChI=1S/C27H23N2.C21H19N2.C15H14N3.Ir/c1-26(2)21-16-10-15-19-18-13-8-9-14-20(18)25-28-22(17-11-6-5-7-12-17)24(27(26,3)4)29(25)23(19)21;1-21(2,3)15-12-13-22-20(14-15)23-18-10-6-4-8-16(18)17-9-5-7-11-19(17)23;1-11-5-3-6-12(2)14(11)18-10-9-17-15(18)13-7-4-8-16-13;/h5-13,15-16H,1-4H3;4-10,12-14H,1-3H3;3-10H,1-2H3;/q3*-1;+3. The number of aromatic nitrogens is 7. The summed E-state index contributed by atoms with van der Waals surface area (Å²) in [6, 6.07) is 59.6. The molecule has 0 bridgehead atoms. The summed E-state index contributed by atoms with van der Waals surface area (Å²) >= 11 is 0. The molecule has 0 unspecified atom stereocenters. The van der Waals surface area contributed by atoms with E-state index in [1.54, 1.807) is 6.20 Å². The van der Waals surface area contributed by atoms with E-state index in [0.717, 1.165) is 39.6 Å². The molecule has 6 aromatic heterocycles. The van der Waals surface area contributed by atoms with Crippen LogP contribution in [0, 0.1) is 26.0 Å². The Labute approximate surface area is 429 Å². The molecule has 0 saturated heterocycles. The third kappa shape index (κ3) is 7.81. The molecule has 6 aromatic carbocycles. The molecular weight excluding hydrogens is 1050 g/mol. The number of rotatable bonds is 4. The van der Waals surface area contributed by atoms with E-state index < -0.39 is 0 Å². The van der Waals surface area contributed by atoms with Gasteiger partial charge < -0.3 is 18.5 Å². The molecule has 0 fully saturated rings. The second kappa shape index (κ2) is 18.1. The van der Waals surface area contributed by atoms with Crippen molar-refractivity contribution in [1.29, 1.82) is 0 Å². The van der Waals surface area contributed by atoms with Crippen molar-refractivity contribution in [3.63, 3.8) is 0 Å². The summed E-state index contributed by atoms with van der Waals surface area (Å²) in [5.41, 5.74) is 15.3. The van der Waals surface area contributed by atoms with Crippen molar-refractivity contribution in [2.24, 2.45) is 0 Å². The number of benzene rings is 6. The van der Waals surface area contributed by atoms with Crippen LogP contribution in [0.4, 0.5) is 0 Å². The average Bonchev–Trinajstić information content (AvgIpc) is 4.20. The largest absolute Gasteiger partial charge is 3.00 e. The molecule has 0 spiro atoms. The molecule has 13 rings (SSSR count). The van der Waals surface area contributed by atoms with Gasteiger partial charge in [-0.15, -0.1) is 35.0 Å². The van der Waals surface area contributed by atoms with Crippen molar-refractivity contribution < 1.29 is 20.1 Å².